The molecule has 13 heavy (non-hydrogen) atoms. The fraction of sp³-hybridized carbons (Fsp3) is 0.500. The number of rotatable bonds is 3. The molecule has 0 aliphatic carbocycles. The number of hydrogen-bond donors (Lipinski definition) is 1. The summed E-state index contributed by atoms with van der Waals surface area (Å²) < 4.78 is 0.719. The predicted octanol–water partition coefficient (Wildman–Crippen LogP) is 3.10. The smallest absolute Gasteiger partial charge is 0.148 e. The minimum absolute atomic E-state index is 0.377. The van der Waals surface area contributed by atoms with E-state index in [1.807, 2.05) is 0 Å². The van der Waals surface area contributed by atoms with Crippen molar-refractivity contribution in [3.05, 3.63) is 16.0 Å². The van der Waals surface area contributed by atoms with Gasteiger partial charge in [-0.3, -0.25) is 0 Å². The third kappa shape index (κ3) is 2.81. The van der Waals surface area contributed by atoms with Crippen LogP contribution in [-0.2, 0) is 0 Å². The molecule has 1 unspecified atom stereocenters. The van der Waals surface area contributed by atoms with Gasteiger partial charge in [0.15, 0.2) is 0 Å². The zero-order chi connectivity index (χ0) is 9.84. The number of anilines is 1. The van der Waals surface area contributed by atoms with Crippen molar-refractivity contribution in [1.29, 1.82) is 0 Å². The van der Waals surface area contributed by atoms with E-state index in [9.17, 15) is 0 Å². The monoisotopic (exact) mass is 263 g/mol. The molecule has 0 aliphatic rings. The molecule has 5 heteroatoms. The SMILES string of the molecule is CCC(C)Nc1ncnc(Cl)c1Br. The van der Waals surface area contributed by atoms with Crippen LogP contribution in [0.5, 0.6) is 0 Å². The van der Waals surface area contributed by atoms with Crippen molar-refractivity contribution in [2.75, 3.05) is 5.32 Å². The summed E-state index contributed by atoms with van der Waals surface area (Å²) in [6.45, 7) is 4.19. The van der Waals surface area contributed by atoms with Crippen molar-refractivity contribution in [2.24, 2.45) is 0 Å². The molecule has 72 valence electrons. The second kappa shape index (κ2) is 4.77. The fourth-order valence-corrected chi connectivity index (χ4v) is 1.24. The van der Waals surface area contributed by atoms with E-state index in [1.54, 1.807) is 0 Å². The molecule has 0 aliphatic heterocycles. The van der Waals surface area contributed by atoms with Crippen molar-refractivity contribution in [3.63, 3.8) is 0 Å². The highest BCUT2D eigenvalue weighted by atomic mass is 79.9. The van der Waals surface area contributed by atoms with Gasteiger partial charge >= 0.3 is 0 Å². The van der Waals surface area contributed by atoms with Crippen molar-refractivity contribution < 1.29 is 0 Å². The van der Waals surface area contributed by atoms with Crippen molar-refractivity contribution >= 4 is 33.3 Å². The summed E-state index contributed by atoms with van der Waals surface area (Å²) >= 11 is 9.12. The maximum atomic E-state index is 5.80. The minimum Gasteiger partial charge on any atom is -0.367 e. The number of halogens is 2. The van der Waals surface area contributed by atoms with E-state index in [4.69, 9.17) is 11.6 Å². The lowest BCUT2D eigenvalue weighted by atomic mass is 10.2. The molecule has 0 fully saturated rings. The molecule has 1 aromatic heterocycles. The quantitative estimate of drug-likeness (QED) is 0.853. The van der Waals surface area contributed by atoms with Gasteiger partial charge in [0.25, 0.3) is 0 Å². The van der Waals surface area contributed by atoms with Crippen molar-refractivity contribution in [1.82, 2.24) is 9.97 Å². The molecule has 1 atom stereocenters. The number of hydrogen-bond acceptors (Lipinski definition) is 3. The first-order valence-electron chi connectivity index (χ1n) is 4.07. The summed E-state index contributed by atoms with van der Waals surface area (Å²) in [5.74, 6) is 0.745. The molecule has 0 spiro atoms. The van der Waals surface area contributed by atoms with E-state index in [2.05, 4.69) is 45.1 Å². The van der Waals surface area contributed by atoms with Crippen molar-refractivity contribution in [3.8, 4) is 0 Å². The average Bonchev–Trinajstić information content (AvgIpc) is 2.13. The largest absolute Gasteiger partial charge is 0.367 e. The molecule has 0 saturated carbocycles. The van der Waals surface area contributed by atoms with Gasteiger partial charge in [-0.2, -0.15) is 0 Å². The van der Waals surface area contributed by atoms with E-state index in [0.29, 0.717) is 11.2 Å². The second-order valence-electron chi connectivity index (χ2n) is 2.78. The first-order valence-corrected chi connectivity index (χ1v) is 5.24. The van der Waals surface area contributed by atoms with Crippen LogP contribution in [0.1, 0.15) is 20.3 Å². The zero-order valence-electron chi connectivity index (χ0n) is 7.51. The highest BCUT2D eigenvalue weighted by molar-refractivity contribution is 9.10. The highest BCUT2D eigenvalue weighted by Crippen LogP contribution is 2.26. The minimum atomic E-state index is 0.377. The Morgan fingerprint density at radius 3 is 2.92 bits per heavy atom. The third-order valence-corrected chi connectivity index (χ3v) is 3.01. The van der Waals surface area contributed by atoms with E-state index in [-0.39, 0.29) is 0 Å². The Morgan fingerprint density at radius 1 is 1.62 bits per heavy atom. The second-order valence-corrected chi connectivity index (χ2v) is 3.93. The van der Waals surface area contributed by atoms with Crippen LogP contribution in [0.4, 0.5) is 5.82 Å². The van der Waals surface area contributed by atoms with Gasteiger partial charge in [-0.15, -0.1) is 0 Å². The molecule has 0 amide bonds. The standard InChI is InChI=1S/C8H11BrClN3/c1-3-5(2)13-8-6(9)7(10)11-4-12-8/h4-5H,3H2,1-2H3,(H,11,12,13). The van der Waals surface area contributed by atoms with E-state index >= 15 is 0 Å². The van der Waals surface area contributed by atoms with Gasteiger partial charge < -0.3 is 5.32 Å². The fourth-order valence-electron chi connectivity index (χ4n) is 0.784. The molecule has 1 aromatic rings. The summed E-state index contributed by atoms with van der Waals surface area (Å²) in [6, 6.07) is 0.377. The number of aromatic nitrogens is 2. The van der Waals surface area contributed by atoms with E-state index in [0.717, 1.165) is 16.7 Å². The first kappa shape index (κ1) is 10.7. The molecular formula is C8H11BrClN3. The summed E-state index contributed by atoms with van der Waals surface area (Å²) in [6.07, 6.45) is 2.48. The Balaban J connectivity index is 2.83. The van der Waals surface area contributed by atoms with Gasteiger partial charge in [0, 0.05) is 6.04 Å². The molecule has 1 rings (SSSR count). The summed E-state index contributed by atoms with van der Waals surface area (Å²) in [7, 11) is 0. The Hall–Kier alpha value is -0.350. The zero-order valence-corrected chi connectivity index (χ0v) is 9.85. The van der Waals surface area contributed by atoms with Gasteiger partial charge in [0.05, 0.1) is 4.47 Å². The number of nitrogens with zero attached hydrogens (tertiary/aromatic N) is 2. The Morgan fingerprint density at radius 2 is 2.31 bits per heavy atom. The predicted molar refractivity (Wildman–Crippen MR) is 58.1 cm³/mol. The summed E-state index contributed by atoms with van der Waals surface area (Å²) in [5.41, 5.74) is 0. The molecule has 1 N–H and O–H groups in total. The first-order chi connectivity index (χ1) is 6.15. The third-order valence-electron chi connectivity index (χ3n) is 1.74. The van der Waals surface area contributed by atoms with E-state index < -0.39 is 0 Å². The molecule has 1 heterocycles. The lowest BCUT2D eigenvalue weighted by Crippen LogP contribution is -2.15. The highest BCUT2D eigenvalue weighted by Gasteiger charge is 2.07. The van der Waals surface area contributed by atoms with Crippen LogP contribution in [0.15, 0.2) is 10.8 Å². The normalized spacial score (nSPS) is 12.6. The van der Waals surface area contributed by atoms with Crippen LogP contribution >= 0.6 is 27.5 Å². The molecule has 0 aromatic carbocycles. The Bertz CT molecular complexity index is 293. The van der Waals surface area contributed by atoms with Crippen LogP contribution in [0, 0.1) is 0 Å². The van der Waals surface area contributed by atoms with Crippen LogP contribution < -0.4 is 5.32 Å². The number of nitrogens with one attached hydrogen (secondary N) is 1. The maximum Gasteiger partial charge on any atom is 0.148 e. The van der Waals surface area contributed by atoms with Gasteiger partial charge in [0.1, 0.15) is 17.3 Å². The van der Waals surface area contributed by atoms with E-state index in [1.165, 1.54) is 6.33 Å². The van der Waals surface area contributed by atoms with Gasteiger partial charge in [-0.1, -0.05) is 18.5 Å². The van der Waals surface area contributed by atoms with Gasteiger partial charge in [-0.25, -0.2) is 9.97 Å². The molecule has 3 nitrogen and oxygen atoms in total. The maximum absolute atomic E-state index is 5.80. The molecular weight excluding hydrogens is 253 g/mol. The van der Waals surface area contributed by atoms with Crippen molar-refractivity contribution in [2.45, 2.75) is 26.3 Å². The lowest BCUT2D eigenvalue weighted by molar-refractivity contribution is 0.757. The molecule has 0 radical (unpaired) electrons. The molecule has 0 saturated heterocycles. The van der Waals surface area contributed by atoms with Gasteiger partial charge in [-0.05, 0) is 29.3 Å². The van der Waals surface area contributed by atoms with Crippen LogP contribution in [0.2, 0.25) is 5.15 Å². The summed E-state index contributed by atoms with van der Waals surface area (Å²) in [4.78, 5) is 7.91. The lowest BCUT2D eigenvalue weighted by Gasteiger charge is -2.12. The summed E-state index contributed by atoms with van der Waals surface area (Å²) in [5, 5.41) is 3.65. The van der Waals surface area contributed by atoms with Crippen LogP contribution in [0.25, 0.3) is 0 Å². The Labute approximate surface area is 91.1 Å². The van der Waals surface area contributed by atoms with Crippen LogP contribution in [-0.4, -0.2) is 16.0 Å². The van der Waals surface area contributed by atoms with Gasteiger partial charge in [0.2, 0.25) is 0 Å². The Kier molecular flexibility index (Phi) is 3.93. The van der Waals surface area contributed by atoms with Crippen LogP contribution in [0.3, 0.4) is 0 Å². The average molecular weight is 265 g/mol. The molecule has 0 bridgehead atoms. The topological polar surface area (TPSA) is 37.8 Å².